The van der Waals surface area contributed by atoms with E-state index in [0.717, 1.165) is 23.7 Å². The molecule has 2 saturated carbocycles. The third-order valence-electron chi connectivity index (χ3n) is 9.54. The second-order valence-corrected chi connectivity index (χ2v) is 11.3. The molecule has 26 heavy (non-hydrogen) atoms. The first kappa shape index (κ1) is 22.3. The average Bonchev–Trinajstić information content (AvgIpc) is 3.49. The third-order valence-corrected chi connectivity index (χ3v) is 9.54. The van der Waals surface area contributed by atoms with Gasteiger partial charge in [0.25, 0.3) is 0 Å². The van der Waals surface area contributed by atoms with E-state index < -0.39 is 0 Å². The lowest BCUT2D eigenvalue weighted by Gasteiger charge is -2.52. The van der Waals surface area contributed by atoms with Crippen LogP contribution in [0.1, 0.15) is 126 Å². The van der Waals surface area contributed by atoms with Crippen molar-refractivity contribution in [3.63, 3.8) is 0 Å². The van der Waals surface area contributed by atoms with Gasteiger partial charge in [0.2, 0.25) is 0 Å². The molecule has 0 saturated heterocycles. The van der Waals surface area contributed by atoms with E-state index in [1.54, 1.807) is 19.3 Å². The molecule has 0 spiro atoms. The molecule has 0 nitrogen and oxygen atoms in total. The Hall–Kier alpha value is 0. The summed E-state index contributed by atoms with van der Waals surface area (Å²) in [5.74, 6) is 4.25. The van der Waals surface area contributed by atoms with Crippen molar-refractivity contribution in [3.05, 3.63) is 0 Å². The van der Waals surface area contributed by atoms with Crippen LogP contribution < -0.4 is 0 Å². The first-order valence-corrected chi connectivity index (χ1v) is 12.2. The molecule has 0 amide bonds. The second-order valence-electron chi connectivity index (χ2n) is 11.3. The van der Waals surface area contributed by atoms with Gasteiger partial charge in [0.15, 0.2) is 0 Å². The van der Waals surface area contributed by atoms with Gasteiger partial charge in [0.1, 0.15) is 0 Å². The minimum atomic E-state index is 0.432. The first-order chi connectivity index (χ1) is 12.2. The van der Waals surface area contributed by atoms with E-state index in [0.29, 0.717) is 16.2 Å². The van der Waals surface area contributed by atoms with Crippen LogP contribution in [0.4, 0.5) is 0 Å². The monoisotopic (exact) mass is 362 g/mol. The Kier molecular flexibility index (Phi) is 7.34. The van der Waals surface area contributed by atoms with E-state index in [-0.39, 0.29) is 0 Å². The molecule has 0 aliphatic heterocycles. The van der Waals surface area contributed by atoms with Gasteiger partial charge in [-0.15, -0.1) is 0 Å². The van der Waals surface area contributed by atoms with Crippen molar-refractivity contribution in [3.8, 4) is 0 Å². The summed E-state index contributed by atoms with van der Waals surface area (Å²) in [6, 6.07) is 0. The van der Waals surface area contributed by atoms with E-state index in [4.69, 9.17) is 0 Å². The Bertz CT molecular complexity index is 425. The first-order valence-electron chi connectivity index (χ1n) is 12.2. The van der Waals surface area contributed by atoms with Gasteiger partial charge in [0.05, 0.1) is 0 Å². The number of rotatable bonds is 13. The molecule has 0 aromatic carbocycles. The summed E-state index contributed by atoms with van der Waals surface area (Å²) in [7, 11) is 0. The lowest BCUT2D eigenvalue weighted by atomic mass is 9.53. The van der Waals surface area contributed by atoms with E-state index >= 15 is 0 Å². The van der Waals surface area contributed by atoms with Gasteiger partial charge < -0.3 is 0 Å². The molecule has 2 aliphatic rings. The minimum absolute atomic E-state index is 0.432. The highest BCUT2D eigenvalue weighted by molar-refractivity contribution is 4.98. The van der Waals surface area contributed by atoms with Gasteiger partial charge in [-0.3, -0.25) is 0 Å². The molecule has 154 valence electrons. The molecule has 0 N–H and O–H groups in total. The van der Waals surface area contributed by atoms with Gasteiger partial charge in [-0.1, -0.05) is 68.2 Å². The zero-order valence-electron chi connectivity index (χ0n) is 19.6. The van der Waals surface area contributed by atoms with Crippen molar-refractivity contribution in [1.29, 1.82) is 0 Å². The average molecular weight is 363 g/mol. The molecule has 2 rings (SSSR count). The van der Waals surface area contributed by atoms with E-state index in [2.05, 4.69) is 55.4 Å². The largest absolute Gasteiger partial charge is 0.0654 e. The molecule has 0 radical (unpaired) electrons. The molecular weight excluding hydrogens is 312 g/mol. The van der Waals surface area contributed by atoms with Crippen molar-refractivity contribution in [2.24, 2.45) is 39.9 Å². The lowest BCUT2D eigenvalue weighted by molar-refractivity contribution is -0.0179. The molecule has 0 heteroatoms. The maximum atomic E-state index is 2.62. The summed E-state index contributed by atoms with van der Waals surface area (Å²) in [4.78, 5) is 0. The topological polar surface area (TPSA) is 0 Å². The van der Waals surface area contributed by atoms with Crippen molar-refractivity contribution < 1.29 is 0 Å². The van der Waals surface area contributed by atoms with Gasteiger partial charge in [0, 0.05) is 0 Å². The SMILES string of the molecule is CCCC(CC)(CC)C(C)(C)CC(C)(CC)C(C)CCC1CC1C1CC1. The molecule has 0 heterocycles. The van der Waals surface area contributed by atoms with E-state index in [9.17, 15) is 0 Å². The molecule has 0 aromatic heterocycles. The smallest absolute Gasteiger partial charge is 0.0251 e. The summed E-state index contributed by atoms with van der Waals surface area (Å²) in [5, 5.41) is 0. The molecule has 4 atom stereocenters. The van der Waals surface area contributed by atoms with Crippen LogP contribution in [0, 0.1) is 39.9 Å². The maximum Gasteiger partial charge on any atom is -0.0251 e. The molecule has 2 aliphatic carbocycles. The third kappa shape index (κ3) is 4.70. The Morgan fingerprint density at radius 1 is 0.923 bits per heavy atom. The molecule has 2 fully saturated rings. The van der Waals surface area contributed by atoms with Crippen LogP contribution in [0.5, 0.6) is 0 Å². The standard InChI is InChI=1S/C26H50/c1-9-17-26(11-3,12-4)24(6,7)19-25(8,10-2)20(5)13-14-22-18-23(22)21-15-16-21/h20-23H,9-19H2,1-8H3. The molecular formula is C26H50. The fourth-order valence-electron chi connectivity index (χ4n) is 6.74. The Morgan fingerprint density at radius 3 is 2.00 bits per heavy atom. The maximum absolute atomic E-state index is 2.62. The zero-order valence-corrected chi connectivity index (χ0v) is 19.6. The number of hydrogen-bond acceptors (Lipinski definition) is 0. The fraction of sp³-hybridized carbons (Fsp3) is 1.00. The van der Waals surface area contributed by atoms with E-state index in [1.165, 1.54) is 51.4 Å². The Labute approximate surface area is 166 Å². The van der Waals surface area contributed by atoms with Crippen LogP contribution >= 0.6 is 0 Å². The normalized spacial score (nSPS) is 27.2. The van der Waals surface area contributed by atoms with Gasteiger partial charge in [-0.2, -0.15) is 0 Å². The highest BCUT2D eigenvalue weighted by atomic mass is 14.5. The van der Waals surface area contributed by atoms with Crippen LogP contribution in [0.3, 0.4) is 0 Å². The Balaban J connectivity index is 1.98. The fourth-order valence-corrected chi connectivity index (χ4v) is 6.74. The summed E-state index contributed by atoms with van der Waals surface area (Å²) < 4.78 is 0. The summed E-state index contributed by atoms with van der Waals surface area (Å²) in [5.41, 5.74) is 1.45. The van der Waals surface area contributed by atoms with Crippen LogP contribution in [-0.2, 0) is 0 Å². The van der Waals surface area contributed by atoms with Crippen LogP contribution in [0.2, 0.25) is 0 Å². The van der Waals surface area contributed by atoms with E-state index in [1.807, 2.05) is 0 Å². The van der Waals surface area contributed by atoms with Gasteiger partial charge >= 0.3 is 0 Å². The predicted molar refractivity (Wildman–Crippen MR) is 117 cm³/mol. The van der Waals surface area contributed by atoms with Crippen LogP contribution in [0.25, 0.3) is 0 Å². The summed E-state index contributed by atoms with van der Waals surface area (Å²) in [6.45, 7) is 20.1. The Morgan fingerprint density at radius 2 is 1.54 bits per heavy atom. The van der Waals surface area contributed by atoms with Crippen molar-refractivity contribution in [1.82, 2.24) is 0 Å². The molecule has 0 bridgehead atoms. The molecule has 0 aromatic rings. The summed E-state index contributed by atoms with van der Waals surface area (Å²) >= 11 is 0. The number of hydrogen-bond donors (Lipinski definition) is 0. The predicted octanol–water partition coefficient (Wildman–Crippen LogP) is 8.89. The summed E-state index contributed by atoms with van der Waals surface area (Å²) in [6.07, 6.45) is 15.8. The van der Waals surface area contributed by atoms with Gasteiger partial charge in [-0.05, 0) is 97.7 Å². The second kappa shape index (κ2) is 8.57. The zero-order chi connectivity index (χ0) is 19.6. The quantitative estimate of drug-likeness (QED) is 0.307. The highest BCUT2D eigenvalue weighted by Gasteiger charge is 2.48. The van der Waals surface area contributed by atoms with Crippen molar-refractivity contribution in [2.45, 2.75) is 126 Å². The van der Waals surface area contributed by atoms with Crippen LogP contribution in [-0.4, -0.2) is 0 Å². The van der Waals surface area contributed by atoms with Crippen LogP contribution in [0.15, 0.2) is 0 Å². The van der Waals surface area contributed by atoms with Crippen molar-refractivity contribution in [2.75, 3.05) is 0 Å². The van der Waals surface area contributed by atoms with Gasteiger partial charge in [-0.25, -0.2) is 0 Å². The lowest BCUT2D eigenvalue weighted by Crippen LogP contribution is -2.42. The minimum Gasteiger partial charge on any atom is -0.0654 e. The molecule has 4 unspecified atom stereocenters. The van der Waals surface area contributed by atoms with Crippen molar-refractivity contribution >= 4 is 0 Å². The highest BCUT2D eigenvalue weighted by Crippen LogP contribution is 2.58.